The van der Waals surface area contributed by atoms with Gasteiger partial charge in [0.05, 0.1) is 6.61 Å². The van der Waals surface area contributed by atoms with Gasteiger partial charge in [0.2, 0.25) is 0 Å². The van der Waals surface area contributed by atoms with Crippen LogP contribution in [0, 0.1) is 0 Å². The zero-order valence-electron chi connectivity index (χ0n) is 14.5. The molecule has 0 saturated carbocycles. The molecule has 0 amide bonds. The molecule has 134 valence electrons. The van der Waals surface area contributed by atoms with Crippen LogP contribution >= 0.6 is 11.6 Å². The monoisotopic (exact) mass is 367 g/mol. The summed E-state index contributed by atoms with van der Waals surface area (Å²) in [6, 6.07) is 22.0. The third-order valence-electron chi connectivity index (χ3n) is 5.15. The number of fused-ring (bicyclic) bond motifs is 1. The molecule has 3 nitrogen and oxygen atoms in total. The summed E-state index contributed by atoms with van der Waals surface area (Å²) in [7, 11) is 0. The van der Waals surface area contributed by atoms with Crippen molar-refractivity contribution in [1.29, 1.82) is 0 Å². The second-order valence-electron chi connectivity index (χ2n) is 6.87. The highest BCUT2D eigenvalue weighted by molar-refractivity contribution is 6.30. The molecule has 1 aliphatic heterocycles. The Morgan fingerprint density at radius 3 is 2.62 bits per heavy atom. The molecule has 2 unspecified atom stereocenters. The van der Waals surface area contributed by atoms with Crippen molar-refractivity contribution in [2.24, 2.45) is 0 Å². The molecule has 2 N–H and O–H groups in total. The zero-order valence-corrected chi connectivity index (χ0v) is 15.2. The molecule has 1 fully saturated rings. The lowest BCUT2D eigenvalue weighted by Gasteiger charge is -2.40. The molecule has 0 bridgehead atoms. The van der Waals surface area contributed by atoms with Crippen molar-refractivity contribution in [2.75, 3.05) is 13.1 Å². The van der Waals surface area contributed by atoms with Gasteiger partial charge in [0, 0.05) is 11.6 Å². The van der Waals surface area contributed by atoms with Gasteiger partial charge in [0.15, 0.2) is 0 Å². The van der Waals surface area contributed by atoms with E-state index in [-0.39, 0.29) is 6.10 Å². The molecule has 4 rings (SSSR count). The maximum absolute atomic E-state index is 11.3. The van der Waals surface area contributed by atoms with Crippen molar-refractivity contribution in [2.45, 2.75) is 24.7 Å². The van der Waals surface area contributed by atoms with E-state index in [1.165, 1.54) is 10.8 Å². The molecule has 3 aromatic carbocycles. The van der Waals surface area contributed by atoms with Gasteiger partial charge in [-0.2, -0.15) is 0 Å². The lowest BCUT2D eigenvalue weighted by atomic mass is 9.82. The van der Waals surface area contributed by atoms with E-state index in [1.807, 2.05) is 36.4 Å². The standard InChI is InChI=1S/C22H22ClNO2/c23-20-9-7-19(8-10-20)22(25)11-12-24-14-21(22)26-15-16-5-6-17-3-1-2-4-18(17)13-16/h1-10,13,21,24-25H,11-12,14-15H2. The highest BCUT2D eigenvalue weighted by Crippen LogP contribution is 2.34. The number of ether oxygens (including phenoxy) is 1. The molecule has 26 heavy (non-hydrogen) atoms. The van der Waals surface area contributed by atoms with E-state index in [0.29, 0.717) is 24.6 Å². The Kier molecular flexibility index (Phi) is 4.96. The topological polar surface area (TPSA) is 41.5 Å². The minimum atomic E-state index is -1.01. The minimum Gasteiger partial charge on any atom is -0.382 e. The predicted molar refractivity (Wildman–Crippen MR) is 105 cm³/mol. The number of aliphatic hydroxyl groups is 1. The van der Waals surface area contributed by atoms with Crippen LogP contribution in [0.25, 0.3) is 10.8 Å². The van der Waals surface area contributed by atoms with Crippen molar-refractivity contribution in [3.8, 4) is 0 Å². The minimum absolute atomic E-state index is 0.316. The third-order valence-corrected chi connectivity index (χ3v) is 5.41. The quantitative estimate of drug-likeness (QED) is 0.724. The fourth-order valence-electron chi connectivity index (χ4n) is 3.63. The number of hydrogen-bond acceptors (Lipinski definition) is 3. The van der Waals surface area contributed by atoms with Crippen molar-refractivity contribution in [3.05, 3.63) is 82.9 Å². The van der Waals surface area contributed by atoms with Crippen LogP contribution < -0.4 is 5.32 Å². The van der Waals surface area contributed by atoms with Gasteiger partial charge in [-0.3, -0.25) is 0 Å². The van der Waals surface area contributed by atoms with Crippen LogP contribution in [-0.4, -0.2) is 24.3 Å². The average molecular weight is 368 g/mol. The molecular weight excluding hydrogens is 346 g/mol. The molecule has 1 aliphatic rings. The van der Waals surface area contributed by atoms with Crippen LogP contribution in [0.5, 0.6) is 0 Å². The first-order chi connectivity index (χ1) is 12.6. The largest absolute Gasteiger partial charge is 0.382 e. The molecule has 3 aromatic rings. The van der Waals surface area contributed by atoms with E-state index in [0.717, 1.165) is 17.7 Å². The van der Waals surface area contributed by atoms with E-state index < -0.39 is 5.60 Å². The molecule has 1 saturated heterocycles. The Balaban J connectivity index is 1.53. The Hall–Kier alpha value is -1.91. The van der Waals surface area contributed by atoms with Crippen LogP contribution in [0.2, 0.25) is 5.02 Å². The SMILES string of the molecule is OC1(c2ccc(Cl)cc2)CCNCC1OCc1ccc2ccccc2c1. The highest BCUT2D eigenvalue weighted by atomic mass is 35.5. The van der Waals surface area contributed by atoms with Crippen molar-refractivity contribution in [1.82, 2.24) is 5.32 Å². The Morgan fingerprint density at radius 1 is 1.04 bits per heavy atom. The normalized spacial score (nSPS) is 23.2. The Bertz CT molecular complexity index is 896. The summed E-state index contributed by atoms with van der Waals surface area (Å²) >= 11 is 6.00. The first-order valence-electron chi connectivity index (χ1n) is 8.93. The fraction of sp³-hybridized carbons (Fsp3) is 0.273. The fourth-order valence-corrected chi connectivity index (χ4v) is 3.76. The van der Waals surface area contributed by atoms with Crippen LogP contribution in [0.4, 0.5) is 0 Å². The predicted octanol–water partition coefficient (Wildman–Crippen LogP) is 4.26. The molecule has 2 atom stereocenters. The first kappa shape index (κ1) is 17.5. The Labute approximate surface area is 158 Å². The lowest BCUT2D eigenvalue weighted by molar-refractivity contribution is -0.134. The van der Waals surface area contributed by atoms with Crippen molar-refractivity contribution in [3.63, 3.8) is 0 Å². The number of benzene rings is 3. The molecular formula is C22H22ClNO2. The van der Waals surface area contributed by atoms with Gasteiger partial charge in [-0.1, -0.05) is 60.1 Å². The van der Waals surface area contributed by atoms with E-state index in [1.54, 1.807) is 0 Å². The summed E-state index contributed by atoms with van der Waals surface area (Å²) in [5, 5.41) is 17.7. The summed E-state index contributed by atoms with van der Waals surface area (Å²) in [6.07, 6.45) is 0.292. The first-order valence-corrected chi connectivity index (χ1v) is 9.31. The number of hydrogen-bond donors (Lipinski definition) is 2. The summed E-state index contributed by atoms with van der Waals surface area (Å²) < 4.78 is 6.17. The van der Waals surface area contributed by atoms with Crippen LogP contribution in [-0.2, 0) is 16.9 Å². The smallest absolute Gasteiger partial charge is 0.118 e. The molecule has 4 heteroatoms. The van der Waals surface area contributed by atoms with Gasteiger partial charge in [-0.25, -0.2) is 0 Å². The third kappa shape index (κ3) is 3.49. The van der Waals surface area contributed by atoms with E-state index in [9.17, 15) is 5.11 Å². The summed E-state index contributed by atoms with van der Waals surface area (Å²) in [5.41, 5.74) is 0.951. The van der Waals surface area contributed by atoms with Crippen molar-refractivity contribution < 1.29 is 9.84 Å². The molecule has 0 aromatic heterocycles. The second kappa shape index (κ2) is 7.37. The number of piperidine rings is 1. The number of rotatable bonds is 4. The number of nitrogens with one attached hydrogen (secondary N) is 1. The van der Waals surface area contributed by atoms with Gasteiger partial charge >= 0.3 is 0 Å². The van der Waals surface area contributed by atoms with Gasteiger partial charge in [0.1, 0.15) is 11.7 Å². The molecule has 0 spiro atoms. The molecule has 1 heterocycles. The average Bonchev–Trinajstić information content (AvgIpc) is 2.67. The maximum Gasteiger partial charge on any atom is 0.118 e. The number of halogens is 1. The van der Waals surface area contributed by atoms with Crippen LogP contribution in [0.15, 0.2) is 66.7 Å². The highest BCUT2D eigenvalue weighted by Gasteiger charge is 2.41. The van der Waals surface area contributed by atoms with Crippen molar-refractivity contribution >= 4 is 22.4 Å². The van der Waals surface area contributed by atoms with E-state index in [4.69, 9.17) is 16.3 Å². The van der Waals surface area contributed by atoms with Gasteiger partial charge in [-0.15, -0.1) is 0 Å². The van der Waals surface area contributed by atoms with Gasteiger partial charge in [0.25, 0.3) is 0 Å². The van der Waals surface area contributed by atoms with Gasteiger partial charge in [-0.05, 0) is 53.1 Å². The van der Waals surface area contributed by atoms with Crippen LogP contribution in [0.1, 0.15) is 17.5 Å². The maximum atomic E-state index is 11.3. The molecule has 0 radical (unpaired) electrons. The summed E-state index contributed by atoms with van der Waals surface area (Å²) in [4.78, 5) is 0. The summed E-state index contributed by atoms with van der Waals surface area (Å²) in [5.74, 6) is 0. The second-order valence-corrected chi connectivity index (χ2v) is 7.30. The summed E-state index contributed by atoms with van der Waals surface area (Å²) in [6.45, 7) is 1.84. The Morgan fingerprint density at radius 2 is 1.81 bits per heavy atom. The van der Waals surface area contributed by atoms with Crippen LogP contribution in [0.3, 0.4) is 0 Å². The van der Waals surface area contributed by atoms with Gasteiger partial charge < -0.3 is 15.2 Å². The van der Waals surface area contributed by atoms with E-state index in [2.05, 4.69) is 35.6 Å². The molecule has 0 aliphatic carbocycles. The zero-order chi connectivity index (χ0) is 18.0. The lowest BCUT2D eigenvalue weighted by Crippen LogP contribution is -2.53. The van der Waals surface area contributed by atoms with E-state index >= 15 is 0 Å².